The van der Waals surface area contributed by atoms with Gasteiger partial charge in [-0.2, -0.15) is 28.4 Å². The Bertz CT molecular complexity index is 1190. The second-order valence-electron chi connectivity index (χ2n) is 7.15. The number of aromatic nitrogens is 2. The maximum atomic E-state index is 13.2. The van der Waals surface area contributed by atoms with Crippen LogP contribution in [0.15, 0.2) is 59.7 Å². The lowest BCUT2D eigenvalue weighted by Crippen LogP contribution is -2.31. The molecule has 10 heteroatoms. The van der Waals surface area contributed by atoms with Crippen LogP contribution in [0.25, 0.3) is 0 Å². The van der Waals surface area contributed by atoms with E-state index in [2.05, 4.69) is 10.2 Å². The van der Waals surface area contributed by atoms with Gasteiger partial charge in [0.25, 0.3) is 5.91 Å². The number of halogens is 3. The Morgan fingerprint density at radius 2 is 1.82 bits per heavy atom. The third kappa shape index (κ3) is 5.65. The van der Waals surface area contributed by atoms with Crippen molar-refractivity contribution in [2.24, 2.45) is 12.1 Å². The van der Waals surface area contributed by atoms with Crippen molar-refractivity contribution in [3.63, 3.8) is 0 Å². The highest BCUT2D eigenvalue weighted by molar-refractivity contribution is 5.98. The number of anilines is 1. The smallest absolute Gasteiger partial charge is 0.416 e. The summed E-state index contributed by atoms with van der Waals surface area (Å²) in [5.74, 6) is -1.59. The van der Waals surface area contributed by atoms with Crippen LogP contribution in [0.3, 0.4) is 0 Å². The number of hydrogen-bond donors (Lipinski definition) is 0. The van der Waals surface area contributed by atoms with E-state index in [0.717, 1.165) is 17.1 Å². The van der Waals surface area contributed by atoms with E-state index in [1.54, 1.807) is 51.2 Å². The minimum absolute atomic E-state index is 0.119. The minimum Gasteiger partial charge on any atom is -0.452 e. The van der Waals surface area contributed by atoms with Crippen molar-refractivity contribution in [3.8, 4) is 0 Å². The molecule has 1 amide bonds. The molecule has 0 bridgehead atoms. The molecule has 33 heavy (non-hydrogen) atoms. The predicted octanol–water partition coefficient (Wildman–Crippen LogP) is 4.28. The summed E-state index contributed by atoms with van der Waals surface area (Å²) < 4.78 is 46.2. The number of benzene rings is 2. The number of hydrazone groups is 1. The fourth-order valence-corrected chi connectivity index (χ4v) is 3.08. The molecule has 0 saturated carbocycles. The first kappa shape index (κ1) is 23.7. The van der Waals surface area contributed by atoms with Crippen molar-refractivity contribution in [2.45, 2.75) is 20.0 Å². The molecule has 0 aliphatic heterocycles. The molecule has 0 radical (unpaired) electrons. The molecule has 3 rings (SSSR count). The van der Waals surface area contributed by atoms with E-state index in [1.165, 1.54) is 23.0 Å². The van der Waals surface area contributed by atoms with E-state index in [-0.39, 0.29) is 11.3 Å². The fourth-order valence-electron chi connectivity index (χ4n) is 3.08. The Balaban J connectivity index is 1.86. The number of amides is 1. The second kappa shape index (κ2) is 9.68. The highest BCUT2D eigenvalue weighted by atomic mass is 19.4. The van der Waals surface area contributed by atoms with Crippen LogP contribution in [0.4, 0.5) is 18.9 Å². The van der Waals surface area contributed by atoms with Crippen LogP contribution < -0.4 is 5.01 Å². The average molecular weight is 458 g/mol. The van der Waals surface area contributed by atoms with Gasteiger partial charge in [0.2, 0.25) is 0 Å². The van der Waals surface area contributed by atoms with Gasteiger partial charge in [0, 0.05) is 12.7 Å². The lowest BCUT2D eigenvalue weighted by Gasteiger charge is -2.18. The van der Waals surface area contributed by atoms with Gasteiger partial charge in [-0.1, -0.05) is 36.4 Å². The summed E-state index contributed by atoms with van der Waals surface area (Å²) in [6, 6.07) is 12.9. The molecule has 1 heterocycles. The molecule has 0 N–H and O–H groups in total. The van der Waals surface area contributed by atoms with Crippen LogP contribution in [0, 0.1) is 13.8 Å². The number of nitrogens with zero attached hydrogens (tertiary/aromatic N) is 4. The zero-order chi connectivity index (χ0) is 24.2. The molecular weight excluding hydrogens is 437 g/mol. The predicted molar refractivity (Wildman–Crippen MR) is 116 cm³/mol. The van der Waals surface area contributed by atoms with E-state index in [0.29, 0.717) is 17.0 Å². The molecule has 0 fully saturated rings. The fraction of sp³-hybridized carbons (Fsp3) is 0.217. The monoisotopic (exact) mass is 458 g/mol. The maximum absolute atomic E-state index is 13.2. The van der Waals surface area contributed by atoms with Gasteiger partial charge in [-0.3, -0.25) is 9.48 Å². The first-order valence-electron chi connectivity index (χ1n) is 9.84. The van der Waals surface area contributed by atoms with Gasteiger partial charge in [0.1, 0.15) is 5.56 Å². The van der Waals surface area contributed by atoms with Crippen molar-refractivity contribution in [1.82, 2.24) is 9.78 Å². The minimum atomic E-state index is -4.60. The first-order chi connectivity index (χ1) is 15.6. The Kier molecular flexibility index (Phi) is 6.95. The van der Waals surface area contributed by atoms with E-state index in [1.807, 2.05) is 0 Å². The SMILES string of the molecule is Cc1nn(C)c(C)c1C(=O)OCC(=O)N(N=Cc1ccccc1)c1cccc(C(F)(F)F)c1. The Morgan fingerprint density at radius 1 is 1.12 bits per heavy atom. The molecule has 0 atom stereocenters. The standard InChI is InChI=1S/C23H21F3N4O3/c1-15-21(16(2)29(3)28-15)22(32)33-14-20(31)30(27-13-17-8-5-4-6-9-17)19-11-7-10-18(12-19)23(24,25)26/h4-13H,14H2,1-3H3. The zero-order valence-corrected chi connectivity index (χ0v) is 18.1. The normalized spacial score (nSPS) is 11.6. The summed E-state index contributed by atoms with van der Waals surface area (Å²) >= 11 is 0. The number of carbonyl (C=O) groups excluding carboxylic acids is 2. The Labute approximate surface area is 188 Å². The number of carbonyl (C=O) groups is 2. The van der Waals surface area contributed by atoms with Gasteiger partial charge in [0.15, 0.2) is 6.61 Å². The Hall–Kier alpha value is -3.95. The Morgan fingerprint density at radius 3 is 2.42 bits per heavy atom. The summed E-state index contributed by atoms with van der Waals surface area (Å²) in [5, 5.41) is 8.96. The first-order valence-corrected chi connectivity index (χ1v) is 9.84. The van der Waals surface area contributed by atoms with Gasteiger partial charge in [-0.05, 0) is 37.6 Å². The van der Waals surface area contributed by atoms with E-state index in [9.17, 15) is 22.8 Å². The third-order valence-electron chi connectivity index (χ3n) is 4.82. The quantitative estimate of drug-likeness (QED) is 0.314. The summed E-state index contributed by atoms with van der Waals surface area (Å²) in [5.41, 5.74) is 0.786. The number of aryl methyl sites for hydroxylation is 2. The number of rotatable bonds is 6. The van der Waals surface area contributed by atoms with E-state index >= 15 is 0 Å². The lowest BCUT2D eigenvalue weighted by molar-refractivity contribution is -0.137. The number of alkyl halides is 3. The molecule has 3 aromatic rings. The van der Waals surface area contributed by atoms with Crippen molar-refractivity contribution in [2.75, 3.05) is 11.6 Å². The molecule has 1 aromatic heterocycles. The van der Waals surface area contributed by atoms with Crippen LogP contribution in [0.5, 0.6) is 0 Å². The summed E-state index contributed by atoms with van der Waals surface area (Å²) in [7, 11) is 1.66. The summed E-state index contributed by atoms with van der Waals surface area (Å²) in [4.78, 5) is 25.4. The van der Waals surface area contributed by atoms with Crippen molar-refractivity contribution < 1.29 is 27.5 Å². The van der Waals surface area contributed by atoms with Crippen LogP contribution >= 0.6 is 0 Å². The van der Waals surface area contributed by atoms with Crippen molar-refractivity contribution in [1.29, 1.82) is 0 Å². The molecule has 172 valence electrons. The molecule has 0 aliphatic carbocycles. The van der Waals surface area contributed by atoms with Crippen molar-refractivity contribution in [3.05, 3.63) is 82.7 Å². The average Bonchev–Trinajstić information content (AvgIpc) is 3.03. The van der Waals surface area contributed by atoms with Crippen LogP contribution in [0.2, 0.25) is 0 Å². The lowest BCUT2D eigenvalue weighted by atomic mass is 10.2. The molecule has 0 aliphatic rings. The van der Waals surface area contributed by atoms with Crippen molar-refractivity contribution >= 4 is 23.8 Å². The molecular formula is C23H21F3N4O3. The van der Waals surface area contributed by atoms with Gasteiger partial charge >= 0.3 is 12.1 Å². The second-order valence-corrected chi connectivity index (χ2v) is 7.15. The molecule has 2 aromatic carbocycles. The highest BCUT2D eigenvalue weighted by Gasteiger charge is 2.31. The maximum Gasteiger partial charge on any atom is 0.416 e. The third-order valence-corrected chi connectivity index (χ3v) is 4.82. The number of esters is 1. The molecule has 7 nitrogen and oxygen atoms in total. The molecule has 0 saturated heterocycles. The number of hydrogen-bond acceptors (Lipinski definition) is 5. The van der Waals surface area contributed by atoms with Gasteiger partial charge < -0.3 is 4.74 Å². The molecule has 0 unspecified atom stereocenters. The number of ether oxygens (including phenoxy) is 1. The van der Waals surface area contributed by atoms with Crippen LogP contribution in [-0.4, -0.2) is 34.5 Å². The zero-order valence-electron chi connectivity index (χ0n) is 18.1. The van der Waals surface area contributed by atoms with E-state index in [4.69, 9.17) is 4.74 Å². The highest BCUT2D eigenvalue weighted by Crippen LogP contribution is 2.31. The van der Waals surface area contributed by atoms with E-state index < -0.39 is 30.2 Å². The summed E-state index contributed by atoms with van der Waals surface area (Å²) in [6.45, 7) is 2.58. The van der Waals surface area contributed by atoms with Gasteiger partial charge in [0.05, 0.1) is 23.2 Å². The topological polar surface area (TPSA) is 76.8 Å². The van der Waals surface area contributed by atoms with Gasteiger partial charge in [-0.25, -0.2) is 4.79 Å². The van der Waals surface area contributed by atoms with Gasteiger partial charge in [-0.15, -0.1) is 0 Å². The summed E-state index contributed by atoms with van der Waals surface area (Å²) in [6.07, 6.45) is -3.27. The van der Waals surface area contributed by atoms with Crippen LogP contribution in [-0.2, 0) is 22.8 Å². The largest absolute Gasteiger partial charge is 0.452 e. The van der Waals surface area contributed by atoms with Crippen LogP contribution in [0.1, 0.15) is 32.9 Å². The molecule has 0 spiro atoms.